The molecule has 2 aromatic rings. The Bertz CT molecular complexity index is 1040. The van der Waals surface area contributed by atoms with Crippen molar-refractivity contribution in [3.05, 3.63) is 89.0 Å². The summed E-state index contributed by atoms with van der Waals surface area (Å²) in [6, 6.07) is 17.5. The number of esters is 2. The van der Waals surface area contributed by atoms with E-state index in [0.717, 1.165) is 16.8 Å². The van der Waals surface area contributed by atoms with E-state index in [1.54, 1.807) is 6.08 Å². The molecule has 2 heterocycles. The molecule has 0 unspecified atom stereocenters. The van der Waals surface area contributed by atoms with Crippen LogP contribution in [0.1, 0.15) is 11.1 Å². The summed E-state index contributed by atoms with van der Waals surface area (Å²) in [5, 5.41) is 3.52. The normalized spacial score (nSPS) is 22.4. The third-order valence-corrected chi connectivity index (χ3v) is 5.77. The number of aryl methyl sites for hydroxylation is 1. The summed E-state index contributed by atoms with van der Waals surface area (Å²) in [4.78, 5) is 25.4. The van der Waals surface area contributed by atoms with Crippen LogP contribution < -0.4 is 5.32 Å². The van der Waals surface area contributed by atoms with Crippen molar-refractivity contribution in [1.82, 2.24) is 0 Å². The Hall–Kier alpha value is -3.38. The van der Waals surface area contributed by atoms with Crippen LogP contribution in [0.25, 0.3) is 0 Å². The summed E-state index contributed by atoms with van der Waals surface area (Å²) in [5.41, 5.74) is 2.34. The van der Waals surface area contributed by atoms with Crippen molar-refractivity contribution >= 4 is 17.6 Å². The van der Waals surface area contributed by atoms with E-state index in [1.807, 2.05) is 55.5 Å². The molecule has 1 N–H and O–H groups in total. The first kappa shape index (κ1) is 20.9. The van der Waals surface area contributed by atoms with Crippen LogP contribution in [0, 0.1) is 6.92 Å². The average Bonchev–Trinajstić information content (AvgIpc) is 3.38. The second kappa shape index (κ2) is 8.40. The molecular formula is C25H25NO5. The number of hydrogen-bond acceptors (Lipinski definition) is 6. The molecule has 0 radical (unpaired) electrons. The summed E-state index contributed by atoms with van der Waals surface area (Å²) < 4.78 is 16.3. The van der Waals surface area contributed by atoms with Gasteiger partial charge in [0.2, 0.25) is 0 Å². The van der Waals surface area contributed by atoms with Crippen LogP contribution in [0.5, 0.6) is 0 Å². The number of para-hydroxylation sites is 1. The highest BCUT2D eigenvalue weighted by Gasteiger charge is 2.58. The van der Waals surface area contributed by atoms with Gasteiger partial charge in [-0.25, -0.2) is 9.59 Å². The summed E-state index contributed by atoms with van der Waals surface area (Å²) in [6.07, 6.45) is 3.56. The number of nitrogens with one attached hydrogen (secondary N) is 1. The Balaban J connectivity index is 1.81. The van der Waals surface area contributed by atoms with Gasteiger partial charge in [-0.05, 0) is 37.1 Å². The number of hydrogen-bond donors (Lipinski definition) is 1. The predicted octanol–water partition coefficient (Wildman–Crippen LogP) is 3.37. The molecule has 2 aromatic carbocycles. The molecule has 3 atom stereocenters. The lowest BCUT2D eigenvalue weighted by atomic mass is 9.79. The molecule has 0 spiro atoms. The number of ether oxygens (including phenoxy) is 3. The van der Waals surface area contributed by atoms with Crippen molar-refractivity contribution in [2.24, 2.45) is 0 Å². The zero-order valence-electron chi connectivity index (χ0n) is 17.8. The highest BCUT2D eigenvalue weighted by atomic mass is 16.6. The third-order valence-electron chi connectivity index (χ3n) is 5.77. The molecule has 160 valence electrons. The number of methoxy groups -OCH3 is 2. The van der Waals surface area contributed by atoms with E-state index in [2.05, 4.69) is 17.4 Å². The largest absolute Gasteiger partial charge is 0.466 e. The topological polar surface area (TPSA) is 73.9 Å². The summed E-state index contributed by atoms with van der Waals surface area (Å²) in [7, 11) is 2.59. The minimum absolute atomic E-state index is 0.190. The van der Waals surface area contributed by atoms with E-state index in [4.69, 9.17) is 14.2 Å². The molecule has 6 heteroatoms. The van der Waals surface area contributed by atoms with Gasteiger partial charge in [0.1, 0.15) is 11.7 Å². The van der Waals surface area contributed by atoms with Crippen molar-refractivity contribution in [3.8, 4) is 0 Å². The van der Waals surface area contributed by atoms with Gasteiger partial charge in [-0.3, -0.25) is 0 Å². The van der Waals surface area contributed by atoms with Gasteiger partial charge in [0.15, 0.2) is 0 Å². The minimum atomic E-state index is -1.16. The lowest BCUT2D eigenvalue weighted by Crippen LogP contribution is -2.49. The second-order valence-electron chi connectivity index (χ2n) is 7.72. The van der Waals surface area contributed by atoms with Crippen LogP contribution in [0.3, 0.4) is 0 Å². The Kier molecular flexibility index (Phi) is 5.65. The van der Waals surface area contributed by atoms with Crippen molar-refractivity contribution in [3.63, 3.8) is 0 Å². The van der Waals surface area contributed by atoms with E-state index in [1.165, 1.54) is 14.2 Å². The molecule has 0 fully saturated rings. The predicted molar refractivity (Wildman–Crippen MR) is 117 cm³/mol. The molecular weight excluding hydrogens is 394 g/mol. The maximum Gasteiger partial charge on any atom is 0.337 e. The molecule has 0 aromatic heterocycles. The monoisotopic (exact) mass is 419 g/mol. The SMILES string of the molecule is COC(=O)C1=C(C(=O)OC)[C@@]2([C@@H](Cc3ccc(C)cc3)Nc3ccccc3)C=C[C@@H]1O2. The standard InChI is InChI=1S/C25H25NO5/c1-16-9-11-17(12-10-16)15-20(26-18-7-5-4-6-8-18)25-14-13-19(31-25)21(23(27)29-2)22(25)24(28)30-3/h4-14,19-20,26H,15H2,1-3H3/t19-,20+,25-/m0/s1. The smallest absolute Gasteiger partial charge is 0.337 e. The van der Waals surface area contributed by atoms with Gasteiger partial charge in [-0.15, -0.1) is 0 Å². The number of benzene rings is 2. The van der Waals surface area contributed by atoms with Gasteiger partial charge in [-0.2, -0.15) is 0 Å². The van der Waals surface area contributed by atoms with Crippen LogP contribution in [-0.2, 0) is 30.2 Å². The zero-order chi connectivity index (χ0) is 22.0. The molecule has 31 heavy (non-hydrogen) atoms. The van der Waals surface area contributed by atoms with Crippen LogP contribution in [0.4, 0.5) is 5.69 Å². The van der Waals surface area contributed by atoms with Gasteiger partial charge in [0, 0.05) is 5.69 Å². The molecule has 0 saturated heterocycles. The summed E-state index contributed by atoms with van der Waals surface area (Å²) in [5.74, 6) is -1.19. The van der Waals surface area contributed by atoms with E-state index in [-0.39, 0.29) is 17.2 Å². The minimum Gasteiger partial charge on any atom is -0.466 e. The molecule has 4 rings (SSSR count). The van der Waals surface area contributed by atoms with Crippen molar-refractivity contribution in [2.75, 3.05) is 19.5 Å². The Labute approximate surface area is 181 Å². The molecule has 0 aliphatic carbocycles. The van der Waals surface area contributed by atoms with Crippen molar-refractivity contribution < 1.29 is 23.8 Å². The molecule has 2 bridgehead atoms. The van der Waals surface area contributed by atoms with E-state index >= 15 is 0 Å². The van der Waals surface area contributed by atoms with Gasteiger partial charge >= 0.3 is 11.9 Å². The number of carbonyl (C=O) groups excluding carboxylic acids is 2. The van der Waals surface area contributed by atoms with Gasteiger partial charge in [0.05, 0.1) is 31.4 Å². The van der Waals surface area contributed by atoms with Crippen molar-refractivity contribution in [2.45, 2.75) is 31.1 Å². The third kappa shape index (κ3) is 3.75. The lowest BCUT2D eigenvalue weighted by Gasteiger charge is -2.36. The second-order valence-corrected chi connectivity index (χ2v) is 7.72. The van der Waals surface area contributed by atoms with Crippen molar-refractivity contribution in [1.29, 1.82) is 0 Å². The maximum absolute atomic E-state index is 12.9. The lowest BCUT2D eigenvalue weighted by molar-refractivity contribution is -0.139. The fourth-order valence-corrected chi connectivity index (χ4v) is 4.25. The highest BCUT2D eigenvalue weighted by Crippen LogP contribution is 2.47. The summed E-state index contributed by atoms with van der Waals surface area (Å²) in [6.45, 7) is 2.04. The zero-order valence-corrected chi connectivity index (χ0v) is 17.8. The molecule has 0 amide bonds. The van der Waals surface area contributed by atoms with Crippen LogP contribution in [-0.4, -0.2) is 43.9 Å². The fourth-order valence-electron chi connectivity index (χ4n) is 4.25. The molecule has 2 aliphatic rings. The van der Waals surface area contributed by atoms with Gasteiger partial charge in [-0.1, -0.05) is 54.1 Å². The highest BCUT2D eigenvalue weighted by molar-refractivity contribution is 6.05. The van der Waals surface area contributed by atoms with Crippen LogP contribution in [0.15, 0.2) is 77.9 Å². The first-order valence-corrected chi connectivity index (χ1v) is 10.1. The summed E-state index contributed by atoms with van der Waals surface area (Å²) >= 11 is 0. The van der Waals surface area contributed by atoms with Crippen LogP contribution in [0.2, 0.25) is 0 Å². The number of anilines is 1. The first-order chi connectivity index (χ1) is 15.0. The fraction of sp³-hybridized carbons (Fsp3) is 0.280. The molecule has 2 aliphatic heterocycles. The van der Waals surface area contributed by atoms with E-state index in [9.17, 15) is 9.59 Å². The quantitative estimate of drug-likeness (QED) is 0.548. The first-order valence-electron chi connectivity index (χ1n) is 10.1. The number of rotatable bonds is 7. The average molecular weight is 419 g/mol. The van der Waals surface area contributed by atoms with E-state index in [0.29, 0.717) is 6.42 Å². The van der Waals surface area contributed by atoms with Crippen LogP contribution >= 0.6 is 0 Å². The Morgan fingerprint density at radius 1 is 1.03 bits per heavy atom. The van der Waals surface area contributed by atoms with Gasteiger partial charge in [0.25, 0.3) is 0 Å². The molecule has 0 saturated carbocycles. The van der Waals surface area contributed by atoms with Gasteiger partial charge < -0.3 is 19.5 Å². The maximum atomic E-state index is 12.9. The molecule has 6 nitrogen and oxygen atoms in total. The Morgan fingerprint density at radius 3 is 2.35 bits per heavy atom. The number of fused-ring (bicyclic) bond motifs is 2. The van der Waals surface area contributed by atoms with E-state index < -0.39 is 23.6 Å². The Morgan fingerprint density at radius 2 is 1.71 bits per heavy atom. The number of carbonyl (C=O) groups is 2.